The van der Waals surface area contributed by atoms with E-state index in [2.05, 4.69) is 12.2 Å². The summed E-state index contributed by atoms with van der Waals surface area (Å²) in [6.45, 7) is 2.51. The third-order valence-electron chi connectivity index (χ3n) is 9.46. The number of hydrogen-bond acceptors (Lipinski definition) is 13. The predicted molar refractivity (Wildman–Crippen MR) is 185 cm³/mol. The summed E-state index contributed by atoms with van der Waals surface area (Å²) in [6, 6.07) is -0.902. The van der Waals surface area contributed by atoms with Crippen molar-refractivity contribution in [2.75, 3.05) is 19.8 Å². The molecule has 0 radical (unpaired) electrons. The molecule has 2 aliphatic rings. The number of aliphatic hydroxyl groups is 8. The molecule has 1 amide bonds. The van der Waals surface area contributed by atoms with Gasteiger partial charge in [-0.15, -0.1) is 0 Å². The van der Waals surface area contributed by atoms with Gasteiger partial charge < -0.3 is 65.1 Å². The van der Waals surface area contributed by atoms with Crippen LogP contribution in [0, 0.1) is 0 Å². The zero-order chi connectivity index (χ0) is 36.9. The second-order valence-electron chi connectivity index (χ2n) is 13.7. The fourth-order valence-corrected chi connectivity index (χ4v) is 6.24. The lowest BCUT2D eigenvalue weighted by atomic mass is 9.97. The van der Waals surface area contributed by atoms with Crippen molar-refractivity contribution in [2.24, 2.45) is 0 Å². The second kappa shape index (κ2) is 25.7. The van der Waals surface area contributed by atoms with Crippen molar-refractivity contribution in [1.82, 2.24) is 5.32 Å². The van der Waals surface area contributed by atoms with E-state index in [1.54, 1.807) is 12.2 Å². The standard InChI is InChI=1S/C36H67NO13/c1-3-5-7-8-9-10-11-12-13-14-15-16-18-20-28(41)37-24(25(40)19-17-6-4-2)23-47-35-33(46)31(44)34(27(22-39)49-35)50-36-32(45)30(43)29(42)26(21-38)48-36/h17,19,24-27,29-36,38-40,42-46H,3-16,18,20-23H2,1-2H3,(H,37,41)/b19-17+. The fourth-order valence-electron chi connectivity index (χ4n) is 6.24. The molecule has 50 heavy (non-hydrogen) atoms. The van der Waals surface area contributed by atoms with E-state index in [1.807, 2.05) is 6.92 Å². The Morgan fingerprint density at radius 2 is 1.24 bits per heavy atom. The SMILES string of the molecule is CCC/C=C/C(O)C(COC1OC(CO)C(OC2OC(CO)C(O)C(O)C2O)C(O)C1O)NC(=O)CCCCCCCCCCCCCCC. The van der Waals surface area contributed by atoms with Crippen LogP contribution in [0.3, 0.4) is 0 Å². The predicted octanol–water partition coefficient (Wildman–Crippen LogP) is 1.31. The summed E-state index contributed by atoms with van der Waals surface area (Å²) < 4.78 is 22.3. The summed E-state index contributed by atoms with van der Waals surface area (Å²) >= 11 is 0. The molecule has 2 saturated heterocycles. The Bertz CT molecular complexity index is 909. The van der Waals surface area contributed by atoms with Gasteiger partial charge in [0.15, 0.2) is 12.6 Å². The monoisotopic (exact) mass is 721 g/mol. The van der Waals surface area contributed by atoms with Crippen LogP contribution in [0.1, 0.15) is 117 Å². The number of carbonyl (C=O) groups excluding carboxylic acids is 1. The van der Waals surface area contributed by atoms with Crippen LogP contribution >= 0.6 is 0 Å². The summed E-state index contributed by atoms with van der Waals surface area (Å²) in [6.07, 6.45) is 3.82. The smallest absolute Gasteiger partial charge is 0.220 e. The number of amides is 1. The number of rotatable bonds is 26. The number of hydrogen-bond donors (Lipinski definition) is 9. The number of ether oxygens (including phenoxy) is 4. The minimum Gasteiger partial charge on any atom is -0.394 e. The van der Waals surface area contributed by atoms with E-state index < -0.39 is 86.8 Å². The Balaban J connectivity index is 1.85. The molecule has 0 spiro atoms. The first-order chi connectivity index (χ1) is 24.1. The Morgan fingerprint density at radius 3 is 1.80 bits per heavy atom. The number of unbranched alkanes of at least 4 members (excludes halogenated alkanes) is 13. The highest BCUT2D eigenvalue weighted by molar-refractivity contribution is 5.76. The third-order valence-corrected chi connectivity index (χ3v) is 9.46. The van der Waals surface area contributed by atoms with Gasteiger partial charge in [0.2, 0.25) is 5.91 Å². The van der Waals surface area contributed by atoms with Crippen molar-refractivity contribution in [3.05, 3.63) is 12.2 Å². The van der Waals surface area contributed by atoms with Gasteiger partial charge in [-0.1, -0.05) is 109 Å². The number of carbonyl (C=O) groups is 1. The van der Waals surface area contributed by atoms with Gasteiger partial charge in [-0.3, -0.25) is 4.79 Å². The molecule has 2 fully saturated rings. The van der Waals surface area contributed by atoms with Crippen LogP contribution in [0.4, 0.5) is 0 Å². The van der Waals surface area contributed by atoms with Gasteiger partial charge in [0.25, 0.3) is 0 Å². The Morgan fingerprint density at radius 1 is 0.700 bits per heavy atom. The average molecular weight is 722 g/mol. The number of aliphatic hydroxyl groups excluding tert-OH is 8. The molecule has 0 aromatic heterocycles. The normalized spacial score (nSPS) is 31.6. The average Bonchev–Trinajstić information content (AvgIpc) is 3.11. The first-order valence-electron chi connectivity index (χ1n) is 18.9. The Hall–Kier alpha value is -1.27. The van der Waals surface area contributed by atoms with Crippen molar-refractivity contribution in [2.45, 2.75) is 190 Å². The quantitative estimate of drug-likeness (QED) is 0.0454. The summed E-state index contributed by atoms with van der Waals surface area (Å²) in [5.41, 5.74) is 0. The van der Waals surface area contributed by atoms with Crippen molar-refractivity contribution < 1.29 is 64.6 Å². The molecule has 0 aromatic rings. The summed E-state index contributed by atoms with van der Waals surface area (Å²) in [5.74, 6) is -0.254. The van der Waals surface area contributed by atoms with E-state index in [9.17, 15) is 45.6 Å². The molecule has 12 unspecified atom stereocenters. The lowest BCUT2D eigenvalue weighted by Crippen LogP contribution is -2.65. The zero-order valence-electron chi connectivity index (χ0n) is 30.1. The number of nitrogens with one attached hydrogen (secondary N) is 1. The van der Waals surface area contributed by atoms with E-state index in [0.717, 1.165) is 32.1 Å². The van der Waals surface area contributed by atoms with Crippen molar-refractivity contribution >= 4 is 5.91 Å². The highest BCUT2D eigenvalue weighted by Crippen LogP contribution is 2.29. The van der Waals surface area contributed by atoms with Gasteiger partial charge in [-0.05, 0) is 12.8 Å². The lowest BCUT2D eigenvalue weighted by molar-refractivity contribution is -0.359. The lowest BCUT2D eigenvalue weighted by Gasteiger charge is -2.46. The first-order valence-corrected chi connectivity index (χ1v) is 18.9. The highest BCUT2D eigenvalue weighted by Gasteiger charge is 2.50. The van der Waals surface area contributed by atoms with Gasteiger partial charge in [-0.25, -0.2) is 0 Å². The molecule has 2 rings (SSSR count). The highest BCUT2D eigenvalue weighted by atomic mass is 16.7. The van der Waals surface area contributed by atoms with Crippen LogP contribution in [-0.2, 0) is 23.7 Å². The van der Waals surface area contributed by atoms with Crippen molar-refractivity contribution in [3.63, 3.8) is 0 Å². The molecule has 0 saturated carbocycles. The molecule has 0 aliphatic carbocycles. The van der Waals surface area contributed by atoms with Crippen LogP contribution in [0.15, 0.2) is 12.2 Å². The fraction of sp³-hybridized carbons (Fsp3) is 0.917. The minimum absolute atomic E-state index is 0.254. The maximum atomic E-state index is 12.8. The first kappa shape index (κ1) is 44.9. The van der Waals surface area contributed by atoms with Gasteiger partial charge >= 0.3 is 0 Å². The summed E-state index contributed by atoms with van der Waals surface area (Å²) in [4.78, 5) is 12.8. The van der Waals surface area contributed by atoms with E-state index in [0.29, 0.717) is 6.42 Å². The van der Waals surface area contributed by atoms with E-state index in [1.165, 1.54) is 57.8 Å². The van der Waals surface area contributed by atoms with Gasteiger partial charge in [0.1, 0.15) is 48.8 Å². The van der Waals surface area contributed by atoms with Crippen molar-refractivity contribution in [1.29, 1.82) is 0 Å². The Labute approximate surface area is 297 Å². The van der Waals surface area contributed by atoms with Crippen LogP contribution in [0.25, 0.3) is 0 Å². The van der Waals surface area contributed by atoms with Gasteiger partial charge in [0, 0.05) is 6.42 Å². The van der Waals surface area contributed by atoms with E-state index >= 15 is 0 Å². The van der Waals surface area contributed by atoms with Gasteiger partial charge in [-0.2, -0.15) is 0 Å². The Kier molecular flexibility index (Phi) is 23.0. The van der Waals surface area contributed by atoms with Crippen molar-refractivity contribution in [3.8, 4) is 0 Å². The third kappa shape index (κ3) is 15.4. The van der Waals surface area contributed by atoms with Crippen LogP contribution in [-0.4, -0.2) is 140 Å². The zero-order valence-corrected chi connectivity index (χ0v) is 30.1. The van der Waals surface area contributed by atoms with Crippen LogP contribution in [0.2, 0.25) is 0 Å². The van der Waals surface area contributed by atoms with Crippen LogP contribution < -0.4 is 5.32 Å². The maximum Gasteiger partial charge on any atom is 0.220 e. The van der Waals surface area contributed by atoms with E-state index in [4.69, 9.17) is 18.9 Å². The molecule has 12 atom stereocenters. The molecule has 2 aliphatic heterocycles. The second-order valence-corrected chi connectivity index (χ2v) is 13.7. The van der Waals surface area contributed by atoms with Crippen LogP contribution in [0.5, 0.6) is 0 Å². The molecule has 0 bridgehead atoms. The molecule has 2 heterocycles. The maximum absolute atomic E-state index is 12.8. The summed E-state index contributed by atoms with van der Waals surface area (Å²) in [7, 11) is 0. The molecular formula is C36H67NO13. The molecule has 14 heteroatoms. The number of allylic oxidation sites excluding steroid dienone is 1. The van der Waals surface area contributed by atoms with Gasteiger partial charge in [0.05, 0.1) is 32.0 Å². The molecule has 0 aromatic carbocycles. The minimum atomic E-state index is -1.78. The molecular weight excluding hydrogens is 654 g/mol. The largest absolute Gasteiger partial charge is 0.394 e. The molecule has 294 valence electrons. The molecule has 14 nitrogen and oxygen atoms in total. The topological polar surface area (TPSA) is 228 Å². The molecule has 9 N–H and O–H groups in total. The van der Waals surface area contributed by atoms with E-state index in [-0.39, 0.29) is 18.9 Å². The summed E-state index contributed by atoms with van der Waals surface area (Å²) in [5, 5.41) is 85.3.